The maximum absolute atomic E-state index is 13.7. The largest absolute Gasteiger partial charge is 0.496 e. The molecule has 3 aromatic rings. The zero-order chi connectivity index (χ0) is 25.8. The van der Waals surface area contributed by atoms with Crippen LogP contribution in [-0.2, 0) is 14.8 Å². The molecule has 1 atom stereocenters. The summed E-state index contributed by atoms with van der Waals surface area (Å²) in [6, 6.07) is 17.7. The molecule has 0 radical (unpaired) electrons. The van der Waals surface area contributed by atoms with E-state index in [9.17, 15) is 13.2 Å². The van der Waals surface area contributed by atoms with Crippen molar-refractivity contribution in [2.45, 2.75) is 52.0 Å². The predicted octanol–water partition coefficient (Wildman–Crippen LogP) is 5.39. The van der Waals surface area contributed by atoms with Gasteiger partial charge in [-0.2, -0.15) is 0 Å². The lowest BCUT2D eigenvalue weighted by atomic mass is 10.0. The molecule has 0 aliphatic heterocycles. The molecule has 3 rings (SSSR count). The standard InChI is InChI=1S/C28H34N2O4S/c1-7-25(23-11-15-27(34-6)22(5)17-23)29-28(31)18-30(26-14-10-20(3)16-21(26)4)35(32,33)24-12-8-19(2)9-13-24/h8-17,25H,7,18H2,1-6H3,(H,29,31)/t25-/m1/s1. The Morgan fingerprint density at radius 3 is 2.14 bits per heavy atom. The number of rotatable bonds is 9. The second kappa shape index (κ2) is 11.0. The normalized spacial score (nSPS) is 12.2. The molecule has 6 nitrogen and oxygen atoms in total. The Labute approximate surface area is 209 Å². The van der Waals surface area contributed by atoms with Gasteiger partial charge in [0.25, 0.3) is 10.0 Å². The highest BCUT2D eigenvalue weighted by atomic mass is 32.2. The maximum Gasteiger partial charge on any atom is 0.264 e. The average molecular weight is 495 g/mol. The van der Waals surface area contributed by atoms with E-state index in [-0.39, 0.29) is 23.4 Å². The molecule has 0 heterocycles. The maximum atomic E-state index is 13.7. The van der Waals surface area contributed by atoms with Gasteiger partial charge in [-0.25, -0.2) is 8.42 Å². The molecule has 0 aliphatic rings. The van der Waals surface area contributed by atoms with Crippen molar-refractivity contribution in [1.29, 1.82) is 0 Å². The smallest absolute Gasteiger partial charge is 0.264 e. The zero-order valence-electron chi connectivity index (χ0n) is 21.3. The molecule has 0 fully saturated rings. The van der Waals surface area contributed by atoms with Crippen LogP contribution in [0.3, 0.4) is 0 Å². The fourth-order valence-corrected chi connectivity index (χ4v) is 5.62. The topological polar surface area (TPSA) is 75.7 Å². The third-order valence-electron chi connectivity index (χ3n) is 6.08. The lowest BCUT2D eigenvalue weighted by Crippen LogP contribution is -2.42. The van der Waals surface area contributed by atoms with Crippen molar-refractivity contribution in [3.63, 3.8) is 0 Å². The van der Waals surface area contributed by atoms with Gasteiger partial charge in [0, 0.05) is 0 Å². The van der Waals surface area contributed by atoms with E-state index in [1.54, 1.807) is 37.4 Å². The SMILES string of the molecule is CC[C@@H](NC(=O)CN(c1ccc(C)cc1C)S(=O)(=O)c1ccc(C)cc1)c1ccc(OC)c(C)c1. The number of aryl methyl sites for hydroxylation is 4. The summed E-state index contributed by atoms with van der Waals surface area (Å²) < 4.78 is 33.9. The Morgan fingerprint density at radius 2 is 1.57 bits per heavy atom. The first-order valence-corrected chi connectivity index (χ1v) is 13.1. The average Bonchev–Trinajstić information content (AvgIpc) is 2.81. The van der Waals surface area contributed by atoms with E-state index in [1.165, 1.54) is 4.31 Å². The van der Waals surface area contributed by atoms with Crippen LogP contribution in [-0.4, -0.2) is 28.0 Å². The highest BCUT2D eigenvalue weighted by Crippen LogP contribution is 2.28. The number of carbonyl (C=O) groups excluding carboxylic acids is 1. The molecule has 0 unspecified atom stereocenters. The zero-order valence-corrected chi connectivity index (χ0v) is 22.1. The van der Waals surface area contributed by atoms with Crippen LogP contribution in [0.5, 0.6) is 5.75 Å². The molecule has 3 aromatic carbocycles. The second-order valence-corrected chi connectivity index (χ2v) is 10.7. The van der Waals surface area contributed by atoms with E-state index in [0.717, 1.165) is 33.6 Å². The predicted molar refractivity (Wildman–Crippen MR) is 141 cm³/mol. The number of carbonyl (C=O) groups is 1. The second-order valence-electron chi connectivity index (χ2n) is 8.87. The fourth-order valence-electron chi connectivity index (χ4n) is 4.13. The van der Waals surface area contributed by atoms with Gasteiger partial charge in [-0.05, 0) is 75.1 Å². The monoisotopic (exact) mass is 494 g/mol. The van der Waals surface area contributed by atoms with Crippen LogP contribution in [0, 0.1) is 27.7 Å². The lowest BCUT2D eigenvalue weighted by molar-refractivity contribution is -0.120. The van der Waals surface area contributed by atoms with Gasteiger partial charge in [0.2, 0.25) is 5.91 Å². The summed E-state index contributed by atoms with van der Waals surface area (Å²) in [5, 5.41) is 3.03. The third kappa shape index (κ3) is 6.03. The molecule has 1 N–H and O–H groups in total. The van der Waals surface area contributed by atoms with E-state index in [4.69, 9.17) is 4.74 Å². The van der Waals surface area contributed by atoms with Gasteiger partial charge >= 0.3 is 0 Å². The number of amides is 1. The number of anilines is 1. The van der Waals surface area contributed by atoms with Crippen molar-refractivity contribution in [2.75, 3.05) is 18.0 Å². The van der Waals surface area contributed by atoms with Crippen LogP contribution in [0.15, 0.2) is 65.6 Å². The van der Waals surface area contributed by atoms with Crippen molar-refractivity contribution in [1.82, 2.24) is 5.32 Å². The molecule has 1 amide bonds. The van der Waals surface area contributed by atoms with E-state index in [0.29, 0.717) is 12.1 Å². The Morgan fingerprint density at radius 1 is 0.914 bits per heavy atom. The van der Waals surface area contributed by atoms with Crippen LogP contribution >= 0.6 is 0 Å². The highest BCUT2D eigenvalue weighted by Gasteiger charge is 2.29. The van der Waals surface area contributed by atoms with Crippen molar-refractivity contribution < 1.29 is 17.9 Å². The number of nitrogens with one attached hydrogen (secondary N) is 1. The quantitative estimate of drug-likeness (QED) is 0.433. The summed E-state index contributed by atoms with van der Waals surface area (Å²) in [5.41, 5.74) is 5.16. The number of sulfonamides is 1. The van der Waals surface area contributed by atoms with Crippen molar-refractivity contribution in [2.24, 2.45) is 0 Å². The molecular weight excluding hydrogens is 460 g/mol. The van der Waals surface area contributed by atoms with Crippen molar-refractivity contribution >= 4 is 21.6 Å². The molecule has 0 saturated heterocycles. The molecule has 0 spiro atoms. The summed E-state index contributed by atoms with van der Waals surface area (Å²) >= 11 is 0. The molecule has 186 valence electrons. The Balaban J connectivity index is 1.94. The Hall–Kier alpha value is -3.32. The number of nitrogens with zero attached hydrogens (tertiary/aromatic N) is 1. The fraction of sp³-hybridized carbons (Fsp3) is 0.321. The van der Waals surface area contributed by atoms with Gasteiger partial charge in [-0.3, -0.25) is 9.10 Å². The van der Waals surface area contributed by atoms with E-state index < -0.39 is 10.0 Å². The molecule has 35 heavy (non-hydrogen) atoms. The van der Waals surface area contributed by atoms with Crippen LogP contribution in [0.2, 0.25) is 0 Å². The number of hydrogen-bond acceptors (Lipinski definition) is 4. The van der Waals surface area contributed by atoms with Gasteiger partial charge in [-0.1, -0.05) is 54.4 Å². The summed E-state index contributed by atoms with van der Waals surface area (Å²) in [6.45, 7) is 9.31. The number of ether oxygens (including phenoxy) is 1. The summed E-state index contributed by atoms with van der Waals surface area (Å²) in [5.74, 6) is 0.404. The lowest BCUT2D eigenvalue weighted by Gasteiger charge is -2.27. The van der Waals surface area contributed by atoms with Crippen LogP contribution in [0.1, 0.15) is 47.2 Å². The number of methoxy groups -OCH3 is 1. The molecular formula is C28H34N2O4S. The van der Waals surface area contributed by atoms with Gasteiger partial charge in [0.05, 0.1) is 23.7 Å². The van der Waals surface area contributed by atoms with Crippen molar-refractivity contribution in [3.05, 3.63) is 88.5 Å². The van der Waals surface area contributed by atoms with Crippen LogP contribution in [0.25, 0.3) is 0 Å². The molecule has 0 bridgehead atoms. The molecule has 0 aliphatic carbocycles. The van der Waals surface area contributed by atoms with Gasteiger partial charge < -0.3 is 10.1 Å². The number of benzene rings is 3. The summed E-state index contributed by atoms with van der Waals surface area (Å²) in [6.07, 6.45) is 0.659. The molecule has 7 heteroatoms. The molecule has 0 saturated carbocycles. The minimum atomic E-state index is -3.97. The minimum absolute atomic E-state index is 0.147. The first-order chi connectivity index (χ1) is 16.6. The number of hydrogen-bond donors (Lipinski definition) is 1. The van der Waals surface area contributed by atoms with E-state index in [1.807, 2.05) is 65.0 Å². The van der Waals surface area contributed by atoms with Crippen LogP contribution < -0.4 is 14.4 Å². The van der Waals surface area contributed by atoms with E-state index in [2.05, 4.69) is 5.32 Å². The van der Waals surface area contributed by atoms with Crippen LogP contribution in [0.4, 0.5) is 5.69 Å². The molecule has 0 aromatic heterocycles. The van der Waals surface area contributed by atoms with Gasteiger partial charge in [-0.15, -0.1) is 0 Å². The van der Waals surface area contributed by atoms with E-state index >= 15 is 0 Å². The van der Waals surface area contributed by atoms with Crippen molar-refractivity contribution in [3.8, 4) is 5.75 Å². The highest BCUT2D eigenvalue weighted by molar-refractivity contribution is 7.92. The van der Waals surface area contributed by atoms with Gasteiger partial charge in [0.1, 0.15) is 12.3 Å². The summed E-state index contributed by atoms with van der Waals surface area (Å²) in [7, 11) is -2.35. The first-order valence-electron chi connectivity index (χ1n) is 11.7. The summed E-state index contributed by atoms with van der Waals surface area (Å²) in [4.78, 5) is 13.4. The van der Waals surface area contributed by atoms with Gasteiger partial charge in [0.15, 0.2) is 0 Å². The Kier molecular flexibility index (Phi) is 8.22. The minimum Gasteiger partial charge on any atom is -0.496 e. The first kappa shape index (κ1) is 26.3. The Bertz CT molecular complexity index is 1300. The third-order valence-corrected chi connectivity index (χ3v) is 7.86.